The Morgan fingerprint density at radius 3 is 1.67 bits per heavy atom. The van der Waals surface area contributed by atoms with Crippen molar-refractivity contribution in [2.75, 3.05) is 0 Å². The van der Waals surface area contributed by atoms with Crippen LogP contribution in [0.2, 0.25) is 0 Å². The van der Waals surface area contributed by atoms with Crippen LogP contribution in [0.4, 0.5) is 0 Å². The van der Waals surface area contributed by atoms with Gasteiger partial charge in [0.25, 0.3) is 0 Å². The van der Waals surface area contributed by atoms with Gasteiger partial charge in [0.05, 0.1) is 27.3 Å². The Labute approximate surface area is 354 Å². The van der Waals surface area contributed by atoms with Gasteiger partial charge in [0.1, 0.15) is 0 Å². The van der Waals surface area contributed by atoms with Gasteiger partial charge in [-0.25, -0.2) is 15.0 Å². The van der Waals surface area contributed by atoms with E-state index in [0.29, 0.717) is 5.82 Å². The molecule has 0 amide bonds. The molecule has 60 heavy (non-hydrogen) atoms. The molecule has 0 fully saturated rings. The number of para-hydroxylation sites is 1. The van der Waals surface area contributed by atoms with Gasteiger partial charge in [0.15, 0.2) is 5.82 Å². The summed E-state index contributed by atoms with van der Waals surface area (Å²) in [7, 11) is 0. The van der Waals surface area contributed by atoms with Gasteiger partial charge in [-0.3, -0.25) is 0 Å². The summed E-state index contributed by atoms with van der Waals surface area (Å²) in [6, 6.07) is 71.2. The van der Waals surface area contributed by atoms with Crippen LogP contribution in [0.25, 0.3) is 119 Å². The summed E-state index contributed by atoms with van der Waals surface area (Å²) in [5.41, 5.74) is 12.5. The van der Waals surface area contributed by atoms with Crippen molar-refractivity contribution in [3.05, 3.63) is 200 Å². The first kappa shape index (κ1) is 34.7. The topological polar surface area (TPSA) is 38.7 Å². The first-order chi connectivity index (χ1) is 29.7. The first-order valence-electron chi connectivity index (χ1n) is 20.1. The molecule has 0 N–H and O–H groups in total. The Morgan fingerprint density at radius 2 is 0.867 bits per heavy atom. The fraction of sp³-hybridized carbons (Fsp3) is 0. The number of rotatable bonds is 6. The number of fused-ring (bicyclic) bond motifs is 8. The highest BCUT2D eigenvalue weighted by Crippen LogP contribution is 2.45. The van der Waals surface area contributed by atoms with Crippen LogP contribution >= 0.6 is 22.7 Å². The summed E-state index contributed by atoms with van der Waals surface area (Å²) in [5, 5.41) is 6.17. The Kier molecular flexibility index (Phi) is 8.22. The van der Waals surface area contributed by atoms with E-state index < -0.39 is 0 Å². The molecule has 4 aromatic heterocycles. The van der Waals surface area contributed by atoms with E-state index in [1.165, 1.54) is 51.5 Å². The summed E-state index contributed by atoms with van der Waals surface area (Å²) in [5.74, 6) is 0.680. The van der Waals surface area contributed by atoms with Gasteiger partial charge in [0, 0.05) is 68.8 Å². The van der Waals surface area contributed by atoms with Gasteiger partial charge in [-0.05, 0) is 41.0 Å². The number of thiophene rings is 2. The van der Waals surface area contributed by atoms with Crippen LogP contribution in [-0.4, -0.2) is 15.0 Å². The Balaban J connectivity index is 1.05. The largest absolute Gasteiger partial charge is 0.246 e. The zero-order chi connectivity index (χ0) is 39.6. The van der Waals surface area contributed by atoms with Crippen molar-refractivity contribution in [3.8, 4) is 67.4 Å². The Hall–Kier alpha value is -7.31. The number of pyridine rings is 1. The van der Waals surface area contributed by atoms with E-state index >= 15 is 0 Å². The maximum absolute atomic E-state index is 5.62. The van der Waals surface area contributed by atoms with Gasteiger partial charge in [0.2, 0.25) is 0 Å². The highest BCUT2D eigenvalue weighted by molar-refractivity contribution is 7.26. The van der Waals surface area contributed by atoms with Gasteiger partial charge >= 0.3 is 0 Å². The second kappa shape index (κ2) is 14.2. The quantitative estimate of drug-likeness (QED) is 0.168. The molecule has 0 saturated carbocycles. The fourth-order valence-corrected chi connectivity index (χ4v) is 11.1. The first-order valence-corrected chi connectivity index (χ1v) is 21.7. The zero-order valence-electron chi connectivity index (χ0n) is 32.2. The summed E-state index contributed by atoms with van der Waals surface area (Å²) in [4.78, 5) is 16.2. The van der Waals surface area contributed by atoms with Gasteiger partial charge in [-0.15, -0.1) is 22.7 Å². The molecule has 5 heteroatoms. The van der Waals surface area contributed by atoms with E-state index in [-0.39, 0.29) is 0 Å². The maximum atomic E-state index is 5.62. The number of benzene rings is 8. The molecule has 0 bridgehead atoms. The molecule has 4 heterocycles. The van der Waals surface area contributed by atoms with E-state index in [1.54, 1.807) is 0 Å². The third-order valence-corrected chi connectivity index (χ3v) is 13.9. The predicted molar refractivity (Wildman–Crippen MR) is 256 cm³/mol. The summed E-state index contributed by atoms with van der Waals surface area (Å²) < 4.78 is 4.92. The number of aromatic nitrogens is 3. The van der Waals surface area contributed by atoms with Crippen molar-refractivity contribution in [1.82, 2.24) is 15.0 Å². The summed E-state index contributed by atoms with van der Waals surface area (Å²) >= 11 is 3.63. The predicted octanol–water partition coefficient (Wildman–Crippen LogP) is 15.8. The van der Waals surface area contributed by atoms with E-state index in [1.807, 2.05) is 28.7 Å². The lowest BCUT2D eigenvalue weighted by Crippen LogP contribution is -1.96. The average molecular weight is 800 g/mol. The van der Waals surface area contributed by atoms with Gasteiger partial charge in [-0.2, -0.15) is 0 Å². The second-order valence-electron chi connectivity index (χ2n) is 15.1. The lowest BCUT2D eigenvalue weighted by molar-refractivity contribution is 1.19. The monoisotopic (exact) mass is 799 g/mol. The van der Waals surface area contributed by atoms with Crippen LogP contribution in [0.5, 0.6) is 0 Å². The third-order valence-electron chi connectivity index (χ3n) is 11.5. The van der Waals surface area contributed by atoms with E-state index in [2.05, 4.69) is 194 Å². The molecule has 0 atom stereocenters. The molecule has 0 aliphatic heterocycles. The summed E-state index contributed by atoms with van der Waals surface area (Å²) in [6.07, 6.45) is 0. The molecule has 0 radical (unpaired) electrons. The molecule has 0 spiro atoms. The molecule has 0 aliphatic rings. The minimum absolute atomic E-state index is 0.680. The lowest BCUT2D eigenvalue weighted by Gasteiger charge is -2.13. The highest BCUT2D eigenvalue weighted by Gasteiger charge is 2.20. The van der Waals surface area contributed by atoms with Crippen LogP contribution in [0, 0.1) is 0 Å². The molecule has 8 aromatic carbocycles. The molecular weight excluding hydrogens is 767 g/mol. The van der Waals surface area contributed by atoms with Crippen LogP contribution in [0.1, 0.15) is 0 Å². The molecule has 0 saturated heterocycles. The van der Waals surface area contributed by atoms with E-state index in [9.17, 15) is 0 Å². The van der Waals surface area contributed by atoms with Crippen LogP contribution in [-0.2, 0) is 0 Å². The Morgan fingerprint density at radius 1 is 0.317 bits per heavy atom. The molecule has 12 rings (SSSR count). The maximum Gasteiger partial charge on any atom is 0.160 e. The zero-order valence-corrected chi connectivity index (χ0v) is 33.8. The molecule has 280 valence electrons. The van der Waals surface area contributed by atoms with Crippen molar-refractivity contribution in [3.63, 3.8) is 0 Å². The molecule has 12 aromatic rings. The fourth-order valence-electron chi connectivity index (χ4n) is 8.63. The second-order valence-corrected chi connectivity index (χ2v) is 17.2. The van der Waals surface area contributed by atoms with Crippen LogP contribution in [0.3, 0.4) is 0 Å². The minimum Gasteiger partial charge on any atom is -0.246 e. The van der Waals surface area contributed by atoms with Crippen molar-refractivity contribution in [2.24, 2.45) is 0 Å². The highest BCUT2D eigenvalue weighted by atomic mass is 32.1. The lowest BCUT2D eigenvalue weighted by atomic mass is 9.96. The van der Waals surface area contributed by atoms with Gasteiger partial charge in [-0.1, -0.05) is 176 Å². The standard InChI is InChI=1S/C55H33N3S2/c1-3-14-34(15-4-1)35-28-30-36(31-29-35)40-22-12-25-45-50-44-21-8-10-27-49(44)60-54(50)51(58-52(40)45)38-18-11-19-39(32-38)55-56-46(37-16-5-2-6-17-37)33-47(57-55)43-24-13-23-42-41-20-7-9-26-48(41)59-53(42)43/h1-33H. The van der Waals surface area contributed by atoms with Crippen molar-refractivity contribution >= 4 is 73.9 Å². The van der Waals surface area contributed by atoms with Crippen molar-refractivity contribution < 1.29 is 0 Å². The normalized spacial score (nSPS) is 11.7. The van der Waals surface area contributed by atoms with Crippen molar-refractivity contribution in [1.29, 1.82) is 0 Å². The van der Waals surface area contributed by atoms with E-state index in [4.69, 9.17) is 15.0 Å². The number of hydrogen-bond acceptors (Lipinski definition) is 5. The third kappa shape index (κ3) is 5.82. The average Bonchev–Trinajstić information content (AvgIpc) is 3.91. The summed E-state index contributed by atoms with van der Waals surface area (Å²) in [6.45, 7) is 0. The van der Waals surface area contributed by atoms with Gasteiger partial charge < -0.3 is 0 Å². The molecule has 0 unspecified atom stereocenters. The number of hydrogen-bond donors (Lipinski definition) is 0. The van der Waals surface area contributed by atoms with E-state index in [0.717, 1.165) is 61.4 Å². The molecular formula is C55H33N3S2. The molecule has 0 aliphatic carbocycles. The molecule has 3 nitrogen and oxygen atoms in total. The minimum atomic E-state index is 0.680. The smallest absolute Gasteiger partial charge is 0.160 e. The van der Waals surface area contributed by atoms with Crippen LogP contribution in [0.15, 0.2) is 200 Å². The SMILES string of the molecule is c1ccc(-c2ccc(-c3cccc4c3nc(-c3cccc(-c5nc(-c6ccccc6)cc(-c6cccc7c6sc6ccccc67)n5)c3)c3sc5ccccc5c34)cc2)cc1. The Bertz CT molecular complexity index is 3590. The number of nitrogens with zero attached hydrogens (tertiary/aromatic N) is 3. The van der Waals surface area contributed by atoms with Crippen LogP contribution < -0.4 is 0 Å². The van der Waals surface area contributed by atoms with Crippen molar-refractivity contribution in [2.45, 2.75) is 0 Å².